The zero-order valence-corrected chi connectivity index (χ0v) is 13.9. The standard InChI is InChI=1S/C11H19N5S.HI/c1-8(2)14-10(12)13-4-3-9-7-16-5-6-17-11(16)15-9;/h7-8H,3-6H2,1-2H3,(H3,12,13,14);1H. The molecular formula is C11H20IN5S. The van der Waals surface area contributed by atoms with Gasteiger partial charge in [-0.15, -0.1) is 24.0 Å². The van der Waals surface area contributed by atoms with E-state index in [0.717, 1.165) is 29.6 Å². The largest absolute Gasteiger partial charge is 0.370 e. The molecule has 102 valence electrons. The Kier molecular flexibility index (Phi) is 6.27. The van der Waals surface area contributed by atoms with Crippen LogP contribution >= 0.6 is 35.7 Å². The molecule has 1 aromatic heterocycles. The van der Waals surface area contributed by atoms with Crippen molar-refractivity contribution in [2.24, 2.45) is 10.7 Å². The molecule has 3 N–H and O–H groups in total. The number of hydrogen-bond acceptors (Lipinski definition) is 3. The number of imidazole rings is 1. The second kappa shape index (κ2) is 7.22. The fourth-order valence-corrected chi connectivity index (χ4v) is 2.68. The molecule has 0 bridgehead atoms. The van der Waals surface area contributed by atoms with Crippen LogP contribution in [-0.2, 0) is 13.0 Å². The van der Waals surface area contributed by atoms with Gasteiger partial charge in [-0.05, 0) is 13.8 Å². The predicted octanol–water partition coefficient (Wildman–Crippen LogP) is 1.46. The highest BCUT2D eigenvalue weighted by Crippen LogP contribution is 2.24. The van der Waals surface area contributed by atoms with Crippen molar-refractivity contribution in [3.8, 4) is 0 Å². The number of aliphatic imine (C=N–C) groups is 1. The van der Waals surface area contributed by atoms with E-state index in [2.05, 4.69) is 26.1 Å². The molecule has 0 amide bonds. The Balaban J connectivity index is 0.00000162. The van der Waals surface area contributed by atoms with Crippen LogP contribution in [0, 0.1) is 0 Å². The van der Waals surface area contributed by atoms with E-state index in [1.165, 1.54) is 0 Å². The van der Waals surface area contributed by atoms with Crippen molar-refractivity contribution < 1.29 is 0 Å². The third kappa shape index (κ3) is 4.34. The maximum atomic E-state index is 5.72. The van der Waals surface area contributed by atoms with E-state index in [4.69, 9.17) is 5.73 Å². The topological polar surface area (TPSA) is 68.2 Å². The second-order valence-electron chi connectivity index (χ2n) is 4.37. The molecule has 1 aliphatic heterocycles. The first-order chi connectivity index (χ1) is 8.15. The molecule has 2 heterocycles. The van der Waals surface area contributed by atoms with Gasteiger partial charge in [-0.3, -0.25) is 4.99 Å². The minimum Gasteiger partial charge on any atom is -0.370 e. The maximum Gasteiger partial charge on any atom is 0.188 e. The van der Waals surface area contributed by atoms with E-state index in [1.54, 1.807) is 0 Å². The number of nitrogens with one attached hydrogen (secondary N) is 1. The van der Waals surface area contributed by atoms with Gasteiger partial charge >= 0.3 is 0 Å². The molecule has 0 radical (unpaired) electrons. The van der Waals surface area contributed by atoms with E-state index in [1.807, 2.05) is 25.6 Å². The number of halogens is 1. The lowest BCUT2D eigenvalue weighted by Crippen LogP contribution is -2.36. The molecule has 2 rings (SSSR count). The van der Waals surface area contributed by atoms with E-state index < -0.39 is 0 Å². The summed E-state index contributed by atoms with van der Waals surface area (Å²) in [5, 5.41) is 4.20. The Labute approximate surface area is 129 Å². The number of guanidine groups is 1. The monoisotopic (exact) mass is 381 g/mol. The summed E-state index contributed by atoms with van der Waals surface area (Å²) in [6, 6.07) is 0.326. The Hall–Kier alpha value is -0.440. The van der Waals surface area contributed by atoms with E-state index >= 15 is 0 Å². The zero-order valence-electron chi connectivity index (χ0n) is 10.7. The third-order valence-corrected chi connectivity index (χ3v) is 3.41. The molecule has 1 aromatic rings. The van der Waals surface area contributed by atoms with Crippen LogP contribution in [0.5, 0.6) is 0 Å². The first-order valence-corrected chi connectivity index (χ1v) is 6.89. The Bertz CT molecular complexity index is 394. The number of nitrogens with two attached hydrogens (primary N) is 1. The number of hydrogen-bond donors (Lipinski definition) is 2. The summed E-state index contributed by atoms with van der Waals surface area (Å²) in [5.74, 6) is 1.66. The summed E-state index contributed by atoms with van der Waals surface area (Å²) in [7, 11) is 0. The second-order valence-corrected chi connectivity index (χ2v) is 5.43. The molecule has 18 heavy (non-hydrogen) atoms. The summed E-state index contributed by atoms with van der Waals surface area (Å²) in [6.45, 7) is 5.85. The van der Waals surface area contributed by atoms with Crippen LogP contribution in [-0.4, -0.2) is 33.9 Å². The zero-order chi connectivity index (χ0) is 12.3. The van der Waals surface area contributed by atoms with Gasteiger partial charge in [0, 0.05) is 37.5 Å². The molecule has 0 saturated carbocycles. The van der Waals surface area contributed by atoms with Gasteiger partial charge in [0.25, 0.3) is 0 Å². The molecule has 7 heteroatoms. The number of thioether (sulfide) groups is 1. The molecule has 0 unspecified atom stereocenters. The van der Waals surface area contributed by atoms with Crippen LogP contribution in [0.1, 0.15) is 19.5 Å². The maximum absolute atomic E-state index is 5.72. The molecule has 5 nitrogen and oxygen atoms in total. The van der Waals surface area contributed by atoms with Gasteiger partial charge in [-0.2, -0.15) is 0 Å². The van der Waals surface area contributed by atoms with Crippen LogP contribution < -0.4 is 11.1 Å². The van der Waals surface area contributed by atoms with Crippen LogP contribution in [0.15, 0.2) is 16.3 Å². The predicted molar refractivity (Wildman–Crippen MR) is 86.8 cm³/mol. The molecule has 0 spiro atoms. The molecule has 0 fully saturated rings. The fraction of sp³-hybridized carbons (Fsp3) is 0.636. The number of nitrogens with zero attached hydrogens (tertiary/aromatic N) is 3. The van der Waals surface area contributed by atoms with Crippen molar-refractivity contribution in [3.05, 3.63) is 11.9 Å². The molecule has 0 saturated heterocycles. The molecule has 0 aromatic carbocycles. The van der Waals surface area contributed by atoms with Gasteiger partial charge in [0.2, 0.25) is 0 Å². The smallest absolute Gasteiger partial charge is 0.188 e. The van der Waals surface area contributed by atoms with Gasteiger partial charge in [-0.25, -0.2) is 4.98 Å². The van der Waals surface area contributed by atoms with Crippen LogP contribution in [0.25, 0.3) is 0 Å². The van der Waals surface area contributed by atoms with Gasteiger partial charge in [0.1, 0.15) is 0 Å². The lowest BCUT2D eigenvalue weighted by molar-refractivity contribution is 0.719. The van der Waals surface area contributed by atoms with E-state index in [-0.39, 0.29) is 24.0 Å². The quantitative estimate of drug-likeness (QED) is 0.471. The highest BCUT2D eigenvalue weighted by Gasteiger charge is 2.13. The van der Waals surface area contributed by atoms with Gasteiger partial charge in [0.15, 0.2) is 11.1 Å². The Morgan fingerprint density at radius 2 is 2.44 bits per heavy atom. The number of rotatable bonds is 4. The van der Waals surface area contributed by atoms with E-state index in [0.29, 0.717) is 18.5 Å². The van der Waals surface area contributed by atoms with Crippen molar-refractivity contribution in [2.45, 2.75) is 38.0 Å². The van der Waals surface area contributed by atoms with Gasteiger partial charge in [0.05, 0.1) is 5.69 Å². The van der Waals surface area contributed by atoms with Crippen molar-refractivity contribution >= 4 is 41.7 Å². The highest BCUT2D eigenvalue weighted by atomic mass is 127. The van der Waals surface area contributed by atoms with Gasteiger partial charge in [-0.1, -0.05) is 11.8 Å². The highest BCUT2D eigenvalue weighted by molar-refractivity contribution is 14.0. The van der Waals surface area contributed by atoms with Crippen molar-refractivity contribution in [3.63, 3.8) is 0 Å². The SMILES string of the molecule is CC(C)NC(N)=NCCc1cn2c(n1)SCC2.I. The molecule has 0 atom stereocenters. The Morgan fingerprint density at radius 3 is 3.11 bits per heavy atom. The lowest BCUT2D eigenvalue weighted by atomic mass is 10.3. The average molecular weight is 381 g/mol. The summed E-state index contributed by atoms with van der Waals surface area (Å²) in [6.07, 6.45) is 2.97. The lowest BCUT2D eigenvalue weighted by Gasteiger charge is -2.07. The van der Waals surface area contributed by atoms with Crippen molar-refractivity contribution in [1.82, 2.24) is 14.9 Å². The first kappa shape index (κ1) is 15.6. The van der Waals surface area contributed by atoms with E-state index in [9.17, 15) is 0 Å². The normalized spacial score (nSPS) is 14.5. The number of fused-ring (bicyclic) bond motifs is 1. The minimum absolute atomic E-state index is 0. The molecular weight excluding hydrogens is 361 g/mol. The summed E-state index contributed by atoms with van der Waals surface area (Å²) in [5.41, 5.74) is 6.83. The summed E-state index contributed by atoms with van der Waals surface area (Å²) < 4.78 is 2.21. The van der Waals surface area contributed by atoms with Gasteiger partial charge < -0.3 is 15.6 Å². The van der Waals surface area contributed by atoms with Crippen molar-refractivity contribution in [1.29, 1.82) is 0 Å². The summed E-state index contributed by atoms with van der Waals surface area (Å²) >= 11 is 1.82. The molecule has 1 aliphatic rings. The molecule has 0 aliphatic carbocycles. The number of aromatic nitrogens is 2. The van der Waals surface area contributed by atoms with Crippen LogP contribution in [0.2, 0.25) is 0 Å². The first-order valence-electron chi connectivity index (χ1n) is 5.90. The van der Waals surface area contributed by atoms with Crippen LogP contribution in [0.4, 0.5) is 0 Å². The fourth-order valence-electron chi connectivity index (χ4n) is 1.71. The Morgan fingerprint density at radius 1 is 1.67 bits per heavy atom. The summed E-state index contributed by atoms with van der Waals surface area (Å²) in [4.78, 5) is 8.81. The van der Waals surface area contributed by atoms with Crippen molar-refractivity contribution in [2.75, 3.05) is 12.3 Å². The third-order valence-electron chi connectivity index (χ3n) is 2.44. The minimum atomic E-state index is 0. The van der Waals surface area contributed by atoms with Crippen LogP contribution in [0.3, 0.4) is 0 Å². The average Bonchev–Trinajstić information content (AvgIpc) is 2.76. The number of aryl methyl sites for hydroxylation is 1.